The Morgan fingerprint density at radius 2 is 0.647 bits per heavy atom. The molecule has 0 aromatic heterocycles. The average Bonchev–Trinajstić information content (AvgIpc) is 3.30. The third-order valence-corrected chi connectivity index (χ3v) is 21.6. The van der Waals surface area contributed by atoms with Crippen molar-refractivity contribution in [3.05, 3.63) is 241 Å². The van der Waals surface area contributed by atoms with Gasteiger partial charge in [-0.25, -0.2) is 0 Å². The van der Waals surface area contributed by atoms with Gasteiger partial charge in [0.05, 0.1) is 4.52 Å². The molecule has 3 N–H and O–H groups in total. The fourth-order valence-corrected chi connectivity index (χ4v) is 20.4. The number of benzene rings is 8. The summed E-state index contributed by atoms with van der Waals surface area (Å²) in [4.78, 5) is 11.3. The monoisotopic (exact) mass is 983 g/mol. The fraction of sp³-hybridized carbons (Fsp3) is 0.0769. The first-order chi connectivity index (χ1) is 33.0. The topological polar surface area (TPSA) is 122 Å². The van der Waals surface area contributed by atoms with E-state index in [0.717, 1.165) is 22.3 Å². The number of hydrogen-bond acceptors (Lipinski definition) is 12. The summed E-state index contributed by atoms with van der Waals surface area (Å²) >= 11 is 0. The molecule has 0 radical (unpaired) electrons. The highest BCUT2D eigenvalue weighted by Crippen LogP contribution is 2.80. The van der Waals surface area contributed by atoms with E-state index in [9.17, 15) is 0 Å². The normalized spacial score (nSPS) is 21.1. The zero-order chi connectivity index (χ0) is 46.9. The lowest BCUT2D eigenvalue weighted by Crippen LogP contribution is -2.45. The number of rotatable bonds is 16. The Morgan fingerprint density at radius 1 is 0.324 bits per heavy atom. The predicted molar refractivity (Wildman–Crippen MR) is 275 cm³/mol. The molecular formula is C52H51N4O8P4+3. The highest BCUT2D eigenvalue weighted by atomic mass is 31.3. The number of hydrogen-bond donors (Lipinski definition) is 3. The van der Waals surface area contributed by atoms with E-state index in [1.165, 1.54) is 0 Å². The van der Waals surface area contributed by atoms with Crippen molar-refractivity contribution in [2.45, 2.75) is 27.7 Å². The lowest BCUT2D eigenvalue weighted by molar-refractivity contribution is 0.399. The Balaban J connectivity index is 1.41. The first-order valence-electron chi connectivity index (χ1n) is 21.8. The maximum absolute atomic E-state index is 7.33. The van der Waals surface area contributed by atoms with E-state index in [1.54, 1.807) is 0 Å². The van der Waals surface area contributed by atoms with Gasteiger partial charge in [-0.2, -0.15) is 0 Å². The molecule has 68 heavy (non-hydrogen) atoms. The molecule has 0 saturated carbocycles. The summed E-state index contributed by atoms with van der Waals surface area (Å²) in [6.45, 7) is 7.94. The quantitative estimate of drug-likeness (QED) is 0.0802. The van der Waals surface area contributed by atoms with Crippen LogP contribution in [-0.2, 0) is 0 Å². The van der Waals surface area contributed by atoms with Crippen molar-refractivity contribution in [1.29, 1.82) is 0 Å². The minimum absolute atomic E-state index is 0.421. The lowest BCUT2D eigenvalue weighted by Gasteiger charge is -2.34. The van der Waals surface area contributed by atoms with E-state index in [1.807, 2.05) is 246 Å². The van der Waals surface area contributed by atoms with Crippen LogP contribution in [0.5, 0.6) is 46.0 Å². The molecule has 0 aliphatic carbocycles. The maximum atomic E-state index is 7.33. The van der Waals surface area contributed by atoms with Gasteiger partial charge in [0.15, 0.2) is 34.5 Å². The van der Waals surface area contributed by atoms with Crippen molar-refractivity contribution in [2.24, 2.45) is 4.52 Å². The van der Waals surface area contributed by atoms with Crippen molar-refractivity contribution in [1.82, 2.24) is 14.6 Å². The van der Waals surface area contributed by atoms with Crippen molar-refractivity contribution >= 4 is 31.7 Å². The molecule has 1 heterocycles. The van der Waals surface area contributed by atoms with Crippen LogP contribution in [0.2, 0.25) is 0 Å². The first-order valence-corrected chi connectivity index (χ1v) is 28.2. The SMILES string of the molecule is Cc1cccc(OP2(Oc3ccccc3)=N[P+](Oc3ccccc3)(Oc3cccc(C)c3)N[P+](Oc3ccccc3)(Oc3cccc(C)c3)N[P+](Oc3ccccc3)(Oc3cccc(C)c3)N2)c1. The van der Waals surface area contributed by atoms with Gasteiger partial charge in [-0.3, -0.25) is 27.1 Å². The molecule has 0 fully saturated rings. The van der Waals surface area contributed by atoms with Gasteiger partial charge in [0.25, 0.3) is 0 Å². The van der Waals surface area contributed by atoms with Crippen LogP contribution in [0.25, 0.3) is 0 Å². The summed E-state index contributed by atoms with van der Waals surface area (Å²) in [7, 11) is -16.7. The minimum atomic E-state index is -4.21. The van der Waals surface area contributed by atoms with E-state index in [0.29, 0.717) is 46.0 Å². The molecule has 0 amide bonds. The van der Waals surface area contributed by atoms with E-state index in [2.05, 4.69) is 14.6 Å². The fourth-order valence-electron chi connectivity index (χ4n) is 6.92. The third kappa shape index (κ3) is 12.2. The summed E-state index contributed by atoms with van der Waals surface area (Å²) in [5, 5.41) is 0. The van der Waals surface area contributed by atoms with Crippen LogP contribution in [0.3, 0.4) is 0 Å². The van der Waals surface area contributed by atoms with Crippen LogP contribution in [0, 0.1) is 27.7 Å². The summed E-state index contributed by atoms with van der Waals surface area (Å²) in [6.07, 6.45) is 0. The maximum Gasteiger partial charge on any atom is 0.617 e. The van der Waals surface area contributed by atoms with Crippen molar-refractivity contribution < 1.29 is 36.2 Å². The second-order valence-corrected chi connectivity index (χ2v) is 24.6. The number of nitrogens with one attached hydrogen (secondary N) is 3. The van der Waals surface area contributed by atoms with Gasteiger partial charge in [0.2, 0.25) is 0 Å². The lowest BCUT2D eigenvalue weighted by atomic mass is 10.2. The predicted octanol–water partition coefficient (Wildman–Crippen LogP) is 15.6. The molecule has 1 aliphatic rings. The van der Waals surface area contributed by atoms with Crippen LogP contribution >= 0.6 is 31.7 Å². The number of nitrogens with zero attached hydrogens (tertiary/aromatic N) is 1. The summed E-state index contributed by atoms with van der Waals surface area (Å²) in [5.74, 6) is 3.50. The molecule has 0 saturated heterocycles. The van der Waals surface area contributed by atoms with Crippen molar-refractivity contribution in [2.75, 3.05) is 0 Å². The molecule has 0 bridgehead atoms. The molecule has 0 spiro atoms. The number of aryl methyl sites for hydroxylation is 4. The largest absolute Gasteiger partial charge is 0.617 e. The molecule has 344 valence electrons. The molecule has 1 aliphatic heterocycles. The first kappa shape index (κ1) is 46.7. The second-order valence-electron chi connectivity index (χ2n) is 15.8. The van der Waals surface area contributed by atoms with Crippen LogP contribution in [0.1, 0.15) is 22.3 Å². The Morgan fingerprint density at radius 3 is 1.12 bits per heavy atom. The molecule has 8 aromatic rings. The standard InChI is InChI=1S/C52H51N4O8P4/c1-41-21-17-33-49(37-41)61-65(57-45-25-9-5-10-26-45)53-66(58-46-27-11-6-12-28-46,62-50-34-18-22-42(2)38-50)55-68(60-48-31-15-8-16-32-48,64-52-36-20-24-44(4)40-52)56-67(54-65,59-47-29-13-7-14-30-47)63-51-35-19-23-43(3)39-51/h5-40,53-55H,1-4H3/q+3. The summed E-state index contributed by atoms with van der Waals surface area (Å²) in [5.41, 5.74) is 3.76. The van der Waals surface area contributed by atoms with Crippen molar-refractivity contribution in [3.8, 4) is 46.0 Å². The average molecular weight is 984 g/mol. The highest BCUT2D eigenvalue weighted by Gasteiger charge is 2.78. The van der Waals surface area contributed by atoms with Crippen LogP contribution in [-0.4, -0.2) is 0 Å². The molecular weight excluding hydrogens is 932 g/mol. The Hall–Kier alpha value is -6.44. The zero-order valence-electron chi connectivity index (χ0n) is 37.8. The summed E-state index contributed by atoms with van der Waals surface area (Å²) < 4.78 is 64.0. The molecule has 4 atom stereocenters. The molecule has 12 nitrogen and oxygen atoms in total. The number of para-hydroxylation sites is 4. The third-order valence-electron chi connectivity index (χ3n) is 9.80. The van der Waals surface area contributed by atoms with E-state index in [-0.39, 0.29) is 0 Å². The van der Waals surface area contributed by atoms with E-state index < -0.39 is 31.7 Å². The Kier molecular flexibility index (Phi) is 14.3. The highest BCUT2D eigenvalue weighted by molar-refractivity contribution is 7.90. The van der Waals surface area contributed by atoms with Crippen LogP contribution in [0.15, 0.2) is 223 Å². The van der Waals surface area contributed by atoms with E-state index >= 15 is 0 Å². The Bertz CT molecular complexity index is 3000. The smallest absolute Gasteiger partial charge is 0.415 e. The summed E-state index contributed by atoms with van der Waals surface area (Å²) in [6, 6.07) is 67.9. The van der Waals surface area contributed by atoms with Crippen LogP contribution < -0.4 is 50.8 Å². The second kappa shape index (κ2) is 20.8. The Labute approximate surface area is 399 Å². The zero-order valence-corrected chi connectivity index (χ0v) is 41.4. The van der Waals surface area contributed by atoms with E-state index in [4.69, 9.17) is 40.7 Å². The molecule has 8 aromatic carbocycles. The molecule has 16 heteroatoms. The van der Waals surface area contributed by atoms with Gasteiger partial charge >= 0.3 is 31.7 Å². The van der Waals surface area contributed by atoms with Gasteiger partial charge in [-0.1, -0.05) is 121 Å². The van der Waals surface area contributed by atoms with Gasteiger partial charge < -0.3 is 9.05 Å². The van der Waals surface area contributed by atoms with Crippen molar-refractivity contribution in [3.63, 3.8) is 0 Å². The minimum Gasteiger partial charge on any atom is -0.415 e. The van der Waals surface area contributed by atoms with Gasteiger partial charge in [0.1, 0.15) is 21.2 Å². The van der Waals surface area contributed by atoms with Gasteiger partial charge in [-0.15, -0.1) is 0 Å². The van der Waals surface area contributed by atoms with Gasteiger partial charge in [-0.05, 0) is 147 Å². The molecule has 9 rings (SSSR count). The van der Waals surface area contributed by atoms with Crippen LogP contribution in [0.4, 0.5) is 0 Å². The van der Waals surface area contributed by atoms with Gasteiger partial charge in [0, 0.05) is 4.86 Å². The molecule has 4 unspecified atom stereocenters.